The molecule has 1 N–H and O–H groups in total. The lowest BCUT2D eigenvalue weighted by Gasteiger charge is -2.31. The van der Waals surface area contributed by atoms with Crippen molar-refractivity contribution in [3.8, 4) is 0 Å². The van der Waals surface area contributed by atoms with E-state index in [0.717, 1.165) is 22.9 Å². The summed E-state index contributed by atoms with van der Waals surface area (Å²) in [6, 6.07) is 13.7. The van der Waals surface area contributed by atoms with E-state index in [0.29, 0.717) is 25.9 Å². The van der Waals surface area contributed by atoms with Crippen LogP contribution in [0.25, 0.3) is 0 Å². The summed E-state index contributed by atoms with van der Waals surface area (Å²) in [6.07, 6.45) is 2.10. The van der Waals surface area contributed by atoms with E-state index < -0.39 is 19.9 Å². The van der Waals surface area contributed by atoms with Crippen LogP contribution >= 0.6 is 0 Å². The normalized spacial score (nSPS) is 17.1. The van der Waals surface area contributed by atoms with Crippen molar-refractivity contribution in [1.29, 1.82) is 0 Å². The smallest absolute Gasteiger partial charge is 0.223 e. The Morgan fingerprint density at radius 1 is 1.06 bits per heavy atom. The fourth-order valence-electron chi connectivity index (χ4n) is 3.92. The second-order valence-electron chi connectivity index (χ2n) is 8.49. The van der Waals surface area contributed by atoms with Gasteiger partial charge < -0.3 is 5.32 Å². The van der Waals surface area contributed by atoms with Gasteiger partial charge in [-0.1, -0.05) is 42.0 Å². The number of amides is 1. The molecule has 0 bridgehead atoms. The number of sulfonamides is 1. The number of hydrogen-bond donors (Lipinski definition) is 1. The number of hydrogen-bond acceptors (Lipinski definition) is 5. The van der Waals surface area contributed by atoms with E-state index in [1.54, 1.807) is 12.1 Å². The van der Waals surface area contributed by atoms with Gasteiger partial charge in [-0.25, -0.2) is 21.1 Å². The zero-order chi connectivity index (χ0) is 23.5. The Balaban J connectivity index is 1.54. The maximum atomic E-state index is 12.8. The Morgan fingerprint density at radius 3 is 2.25 bits per heavy atom. The van der Waals surface area contributed by atoms with Crippen molar-refractivity contribution in [2.45, 2.75) is 43.4 Å². The number of sulfone groups is 1. The first-order valence-corrected chi connectivity index (χ1v) is 14.1. The summed E-state index contributed by atoms with van der Waals surface area (Å²) in [5.41, 5.74) is 2.60. The van der Waals surface area contributed by atoms with Crippen molar-refractivity contribution in [2.24, 2.45) is 5.92 Å². The summed E-state index contributed by atoms with van der Waals surface area (Å²) in [5, 5.41) is 2.97. The lowest BCUT2D eigenvalue weighted by Crippen LogP contribution is -2.43. The number of benzene rings is 2. The van der Waals surface area contributed by atoms with E-state index in [-0.39, 0.29) is 28.5 Å². The van der Waals surface area contributed by atoms with Crippen LogP contribution in [0.3, 0.4) is 0 Å². The maximum Gasteiger partial charge on any atom is 0.223 e. The maximum absolute atomic E-state index is 12.8. The number of piperidine rings is 1. The zero-order valence-electron chi connectivity index (χ0n) is 18.6. The highest BCUT2D eigenvalue weighted by Gasteiger charge is 2.31. The third-order valence-corrected chi connectivity index (χ3v) is 8.80. The van der Waals surface area contributed by atoms with Crippen LogP contribution in [0.5, 0.6) is 0 Å². The second-order valence-corrected chi connectivity index (χ2v) is 12.5. The van der Waals surface area contributed by atoms with Crippen LogP contribution in [0.15, 0.2) is 53.4 Å². The van der Waals surface area contributed by atoms with Crippen LogP contribution in [0.1, 0.15) is 42.5 Å². The SMILES string of the molecule is Cc1cccc(CS(=O)(=O)N2CCC(C(=O)N[C@H](C)c3ccc(S(C)(=O)=O)cc3)CC2)c1. The topological polar surface area (TPSA) is 101 Å². The van der Waals surface area contributed by atoms with Gasteiger partial charge in [0.05, 0.1) is 16.7 Å². The molecule has 1 heterocycles. The second kappa shape index (κ2) is 9.72. The molecule has 3 rings (SSSR count). The Kier molecular flexibility index (Phi) is 7.42. The number of rotatable bonds is 7. The molecule has 0 aliphatic carbocycles. The van der Waals surface area contributed by atoms with E-state index in [2.05, 4.69) is 5.32 Å². The number of nitrogens with one attached hydrogen (secondary N) is 1. The molecule has 9 heteroatoms. The van der Waals surface area contributed by atoms with Gasteiger partial charge in [0.2, 0.25) is 15.9 Å². The molecule has 0 aromatic heterocycles. The van der Waals surface area contributed by atoms with Gasteiger partial charge in [0.25, 0.3) is 0 Å². The summed E-state index contributed by atoms with van der Waals surface area (Å²) < 4.78 is 50.2. The fourth-order valence-corrected chi connectivity index (χ4v) is 6.10. The molecular formula is C23H30N2O5S2. The molecule has 0 spiro atoms. The van der Waals surface area contributed by atoms with Crippen LogP contribution in [-0.4, -0.2) is 46.4 Å². The average Bonchev–Trinajstić information content (AvgIpc) is 2.73. The quantitative estimate of drug-likeness (QED) is 0.660. The van der Waals surface area contributed by atoms with Crippen LogP contribution in [0, 0.1) is 12.8 Å². The van der Waals surface area contributed by atoms with Crippen molar-refractivity contribution >= 4 is 25.8 Å². The van der Waals surface area contributed by atoms with Gasteiger partial charge in [-0.3, -0.25) is 4.79 Å². The first kappa shape index (κ1) is 24.4. The van der Waals surface area contributed by atoms with Gasteiger partial charge in [-0.2, -0.15) is 0 Å². The van der Waals surface area contributed by atoms with Crippen LogP contribution < -0.4 is 5.32 Å². The number of carbonyl (C=O) groups excluding carboxylic acids is 1. The molecule has 0 radical (unpaired) electrons. The predicted molar refractivity (Wildman–Crippen MR) is 124 cm³/mol. The van der Waals surface area contributed by atoms with Crippen molar-refractivity contribution in [2.75, 3.05) is 19.3 Å². The highest BCUT2D eigenvalue weighted by molar-refractivity contribution is 7.90. The number of aryl methyl sites for hydroxylation is 1. The zero-order valence-corrected chi connectivity index (χ0v) is 20.2. The lowest BCUT2D eigenvalue weighted by atomic mass is 9.96. The molecule has 32 heavy (non-hydrogen) atoms. The molecule has 7 nitrogen and oxygen atoms in total. The third-order valence-electron chi connectivity index (χ3n) is 5.82. The van der Waals surface area contributed by atoms with Crippen molar-refractivity contribution in [1.82, 2.24) is 9.62 Å². The molecule has 0 unspecified atom stereocenters. The molecular weight excluding hydrogens is 448 g/mol. The first-order valence-electron chi connectivity index (χ1n) is 10.6. The molecule has 1 saturated heterocycles. The minimum atomic E-state index is -3.43. The number of carbonyl (C=O) groups is 1. The van der Waals surface area contributed by atoms with Crippen molar-refractivity contribution in [3.63, 3.8) is 0 Å². The minimum Gasteiger partial charge on any atom is -0.349 e. The summed E-state index contributed by atoms with van der Waals surface area (Å²) in [6.45, 7) is 4.42. The summed E-state index contributed by atoms with van der Waals surface area (Å²) in [4.78, 5) is 13.0. The van der Waals surface area contributed by atoms with Crippen LogP contribution in [0.2, 0.25) is 0 Å². The molecule has 2 aromatic rings. The van der Waals surface area contributed by atoms with E-state index in [9.17, 15) is 21.6 Å². The largest absolute Gasteiger partial charge is 0.349 e. The summed E-state index contributed by atoms with van der Waals surface area (Å²) >= 11 is 0. The van der Waals surface area contributed by atoms with E-state index >= 15 is 0 Å². The molecule has 1 aliphatic rings. The molecule has 174 valence electrons. The third kappa shape index (κ3) is 6.17. The first-order chi connectivity index (χ1) is 15.0. The summed E-state index contributed by atoms with van der Waals surface area (Å²) in [5.74, 6) is -0.398. The molecule has 2 aromatic carbocycles. The molecule has 1 atom stereocenters. The molecule has 0 saturated carbocycles. The minimum absolute atomic E-state index is 0.0357. The molecule has 1 fully saturated rings. The Morgan fingerprint density at radius 2 is 1.69 bits per heavy atom. The van der Waals surface area contributed by atoms with E-state index in [4.69, 9.17) is 0 Å². The Labute approximate surface area is 190 Å². The summed E-state index contributed by atoms with van der Waals surface area (Å²) in [7, 11) is -6.70. The van der Waals surface area contributed by atoms with E-state index in [1.165, 1.54) is 16.4 Å². The monoisotopic (exact) mass is 478 g/mol. The lowest BCUT2D eigenvalue weighted by molar-refractivity contribution is -0.126. The van der Waals surface area contributed by atoms with Gasteiger partial charge in [0.15, 0.2) is 9.84 Å². The van der Waals surface area contributed by atoms with Gasteiger partial charge in [0, 0.05) is 25.3 Å². The van der Waals surface area contributed by atoms with Crippen molar-refractivity contribution < 1.29 is 21.6 Å². The van der Waals surface area contributed by atoms with Crippen molar-refractivity contribution in [3.05, 3.63) is 65.2 Å². The highest BCUT2D eigenvalue weighted by Crippen LogP contribution is 2.24. The molecule has 1 amide bonds. The molecule has 1 aliphatic heterocycles. The van der Waals surface area contributed by atoms with Gasteiger partial charge in [-0.15, -0.1) is 0 Å². The van der Waals surface area contributed by atoms with Crippen LogP contribution in [0.4, 0.5) is 0 Å². The van der Waals surface area contributed by atoms with Gasteiger partial charge in [0.1, 0.15) is 0 Å². The average molecular weight is 479 g/mol. The Hall–Kier alpha value is -2.23. The predicted octanol–water partition coefficient (Wildman–Crippen LogP) is 2.82. The standard InChI is InChI=1S/C23H30N2O5S2/c1-17-5-4-6-19(15-17)16-32(29,30)25-13-11-21(12-14-25)23(26)24-18(2)20-7-9-22(10-8-20)31(3,27)28/h4-10,15,18,21H,11-14,16H2,1-3H3,(H,24,26)/t18-/m1/s1. The van der Waals surface area contributed by atoms with Gasteiger partial charge in [-0.05, 0) is 49.9 Å². The number of nitrogens with zero attached hydrogens (tertiary/aromatic N) is 1. The highest BCUT2D eigenvalue weighted by atomic mass is 32.2. The Bertz CT molecular complexity index is 1170. The van der Waals surface area contributed by atoms with Gasteiger partial charge >= 0.3 is 0 Å². The fraction of sp³-hybridized carbons (Fsp3) is 0.435. The van der Waals surface area contributed by atoms with E-state index in [1.807, 2.05) is 38.1 Å². The van der Waals surface area contributed by atoms with Crippen LogP contribution in [-0.2, 0) is 30.4 Å².